The maximum absolute atomic E-state index is 11.0. The van der Waals surface area contributed by atoms with Crippen LogP contribution in [-0.4, -0.2) is 60.7 Å². The van der Waals surface area contributed by atoms with Crippen LogP contribution in [0.3, 0.4) is 0 Å². The molecule has 1 saturated carbocycles. The van der Waals surface area contributed by atoms with E-state index in [-0.39, 0.29) is 17.7 Å². The minimum atomic E-state index is -0.647. The van der Waals surface area contributed by atoms with Crippen LogP contribution in [0.2, 0.25) is 0 Å². The van der Waals surface area contributed by atoms with E-state index in [1.165, 1.54) is 0 Å². The molecule has 5 rings (SSSR count). The first-order valence-electron chi connectivity index (χ1n) is 12.3. The number of carboxylic acid groups (broad SMARTS) is 1. The van der Waals surface area contributed by atoms with Gasteiger partial charge in [-0.3, -0.25) is 9.48 Å². The molecule has 0 amide bonds. The lowest BCUT2D eigenvalue weighted by Crippen LogP contribution is -2.43. The highest BCUT2D eigenvalue weighted by Crippen LogP contribution is 2.37. The molecule has 2 aliphatic rings. The van der Waals surface area contributed by atoms with Gasteiger partial charge in [0.15, 0.2) is 5.82 Å². The highest BCUT2D eigenvalue weighted by molar-refractivity contribution is 5.78. The smallest absolute Gasteiger partial charge is 0.306 e. The van der Waals surface area contributed by atoms with Crippen LogP contribution in [0.1, 0.15) is 38.6 Å². The number of anilines is 1. The minimum Gasteiger partial charge on any atom is -0.507 e. The quantitative estimate of drug-likeness (QED) is 0.471. The van der Waals surface area contributed by atoms with E-state index in [9.17, 15) is 9.90 Å². The van der Waals surface area contributed by atoms with Gasteiger partial charge in [-0.25, -0.2) is 0 Å². The van der Waals surface area contributed by atoms with Gasteiger partial charge >= 0.3 is 5.97 Å². The predicted molar refractivity (Wildman–Crippen MR) is 132 cm³/mol. The van der Waals surface area contributed by atoms with Gasteiger partial charge in [0, 0.05) is 29.4 Å². The van der Waals surface area contributed by atoms with Crippen molar-refractivity contribution in [3.63, 3.8) is 0 Å². The average molecular weight is 477 g/mol. The third-order valence-corrected chi connectivity index (χ3v) is 7.75. The molecule has 0 bridgehead atoms. The van der Waals surface area contributed by atoms with E-state index in [2.05, 4.69) is 27.1 Å². The molecule has 4 N–H and O–H groups in total. The number of carboxylic acids is 1. The molecule has 1 aliphatic carbocycles. The van der Waals surface area contributed by atoms with Crippen molar-refractivity contribution in [2.24, 2.45) is 17.8 Å². The number of rotatable bonds is 7. The van der Waals surface area contributed by atoms with E-state index in [4.69, 9.17) is 10.8 Å². The first-order chi connectivity index (χ1) is 16.9. The maximum atomic E-state index is 11.0. The molecule has 2 fully saturated rings. The summed E-state index contributed by atoms with van der Waals surface area (Å²) in [6.07, 6.45) is 7.66. The third kappa shape index (κ3) is 4.86. The number of aliphatic carboxylic acids is 1. The summed E-state index contributed by atoms with van der Waals surface area (Å²) in [6.45, 7) is 5.32. The van der Waals surface area contributed by atoms with Crippen molar-refractivity contribution < 1.29 is 15.0 Å². The third-order valence-electron chi connectivity index (χ3n) is 7.75. The zero-order valence-electron chi connectivity index (χ0n) is 19.9. The zero-order valence-corrected chi connectivity index (χ0v) is 19.9. The Balaban J connectivity index is 1.22. The van der Waals surface area contributed by atoms with Crippen LogP contribution in [0.5, 0.6) is 5.75 Å². The van der Waals surface area contributed by atoms with Gasteiger partial charge < -0.3 is 20.8 Å². The van der Waals surface area contributed by atoms with E-state index < -0.39 is 5.97 Å². The van der Waals surface area contributed by atoms with Crippen molar-refractivity contribution in [2.75, 3.05) is 25.4 Å². The zero-order chi connectivity index (χ0) is 24.5. The van der Waals surface area contributed by atoms with Gasteiger partial charge in [0.05, 0.1) is 23.9 Å². The van der Waals surface area contributed by atoms with Crippen molar-refractivity contribution in [1.82, 2.24) is 24.9 Å². The molecule has 1 aliphatic heterocycles. The Morgan fingerprint density at radius 3 is 2.63 bits per heavy atom. The summed E-state index contributed by atoms with van der Waals surface area (Å²) in [6, 6.07) is 9.12. The molecule has 3 heterocycles. The molecule has 9 heteroatoms. The topological polar surface area (TPSA) is 130 Å². The molecule has 1 atom stereocenters. The second-order valence-electron chi connectivity index (χ2n) is 10.0. The fourth-order valence-corrected chi connectivity index (χ4v) is 5.44. The summed E-state index contributed by atoms with van der Waals surface area (Å²) in [4.78, 5) is 13.5. The number of hydrogen-bond acceptors (Lipinski definition) is 7. The Labute approximate surface area is 204 Å². The minimum absolute atomic E-state index is 0.134. The molecular formula is C26H32N6O3. The Morgan fingerprint density at radius 1 is 1.17 bits per heavy atom. The summed E-state index contributed by atoms with van der Waals surface area (Å²) in [5.74, 6) is 0.743. The van der Waals surface area contributed by atoms with Crippen LogP contribution >= 0.6 is 0 Å². The molecule has 2 aromatic heterocycles. The van der Waals surface area contributed by atoms with Crippen molar-refractivity contribution >= 4 is 11.8 Å². The molecule has 184 valence electrons. The molecule has 1 aromatic carbocycles. The van der Waals surface area contributed by atoms with Crippen LogP contribution in [0.4, 0.5) is 5.82 Å². The van der Waals surface area contributed by atoms with Crippen LogP contribution < -0.4 is 5.73 Å². The number of hydrogen-bond donors (Lipinski definition) is 3. The maximum Gasteiger partial charge on any atom is 0.306 e. The number of nitrogens with zero attached hydrogens (tertiary/aromatic N) is 5. The molecule has 3 aromatic rings. The van der Waals surface area contributed by atoms with Crippen LogP contribution in [-0.2, 0) is 4.79 Å². The SMILES string of the molecule is C[C@H](C1CCN(CC2CC(C(=O)O)C2)CC1)n1cc(-c2cc(-c3ccccc3O)nnc2N)cn1. The Kier molecular flexibility index (Phi) is 6.42. The van der Waals surface area contributed by atoms with Gasteiger partial charge in [-0.15, -0.1) is 10.2 Å². The summed E-state index contributed by atoms with van der Waals surface area (Å²) >= 11 is 0. The van der Waals surface area contributed by atoms with Crippen molar-refractivity contribution in [3.05, 3.63) is 42.7 Å². The Morgan fingerprint density at radius 2 is 1.91 bits per heavy atom. The predicted octanol–water partition coefficient (Wildman–Crippen LogP) is 3.68. The van der Waals surface area contributed by atoms with Crippen LogP contribution in [0.15, 0.2) is 42.7 Å². The number of phenols is 1. The summed E-state index contributed by atoms with van der Waals surface area (Å²) in [5.41, 5.74) is 8.93. The van der Waals surface area contributed by atoms with Crippen molar-refractivity contribution in [3.8, 4) is 28.1 Å². The standard InChI is InChI=1S/C26H32N6O3/c1-16(18-6-8-31(9-7-18)14-17-10-19(11-17)26(34)35)32-15-20(13-28-32)22-12-23(29-30-25(22)27)21-4-2-3-5-24(21)33/h2-5,12-13,15-19,33H,6-11,14H2,1H3,(H2,27,30)(H,34,35)/t16-,17?,19?/m1/s1. The Hall–Kier alpha value is -3.46. The van der Waals surface area contributed by atoms with Crippen LogP contribution in [0.25, 0.3) is 22.4 Å². The van der Waals surface area contributed by atoms with Gasteiger partial charge in [-0.2, -0.15) is 5.10 Å². The highest BCUT2D eigenvalue weighted by atomic mass is 16.4. The first-order valence-corrected chi connectivity index (χ1v) is 12.3. The van der Waals surface area contributed by atoms with Gasteiger partial charge in [0.25, 0.3) is 0 Å². The molecule has 1 saturated heterocycles. The second-order valence-corrected chi connectivity index (χ2v) is 10.0. The first kappa shape index (κ1) is 23.3. The summed E-state index contributed by atoms with van der Waals surface area (Å²) in [5, 5.41) is 32.2. The molecule has 35 heavy (non-hydrogen) atoms. The number of nitrogen functional groups attached to an aromatic ring is 1. The lowest BCUT2D eigenvalue weighted by atomic mass is 9.74. The molecular weight excluding hydrogens is 444 g/mol. The largest absolute Gasteiger partial charge is 0.507 e. The number of aromatic nitrogens is 4. The van der Waals surface area contributed by atoms with Crippen LogP contribution in [0, 0.1) is 17.8 Å². The number of carbonyl (C=O) groups is 1. The lowest BCUT2D eigenvalue weighted by Gasteiger charge is -2.40. The summed E-state index contributed by atoms with van der Waals surface area (Å²) in [7, 11) is 0. The normalized spacial score (nSPS) is 22.0. The van der Waals surface area contributed by atoms with Gasteiger partial charge in [-0.1, -0.05) is 12.1 Å². The number of likely N-dealkylation sites (tertiary alicyclic amines) is 1. The fraction of sp³-hybridized carbons (Fsp3) is 0.462. The monoisotopic (exact) mass is 476 g/mol. The number of aromatic hydroxyl groups is 1. The molecule has 0 unspecified atom stereocenters. The molecule has 0 spiro atoms. The number of benzene rings is 1. The fourth-order valence-electron chi connectivity index (χ4n) is 5.44. The van der Waals surface area contributed by atoms with Gasteiger partial charge in [0.1, 0.15) is 5.75 Å². The highest BCUT2D eigenvalue weighted by Gasteiger charge is 2.36. The second kappa shape index (κ2) is 9.65. The van der Waals surface area contributed by atoms with E-state index in [0.717, 1.165) is 56.4 Å². The van der Waals surface area contributed by atoms with Gasteiger partial charge in [0.2, 0.25) is 0 Å². The number of nitrogens with two attached hydrogens (primary N) is 1. The van der Waals surface area contributed by atoms with E-state index in [1.807, 2.05) is 29.2 Å². The lowest BCUT2D eigenvalue weighted by molar-refractivity contribution is -0.146. The van der Waals surface area contributed by atoms with Crippen molar-refractivity contribution in [2.45, 2.75) is 38.6 Å². The van der Waals surface area contributed by atoms with E-state index in [0.29, 0.717) is 28.9 Å². The van der Waals surface area contributed by atoms with E-state index in [1.54, 1.807) is 18.2 Å². The Bertz CT molecular complexity index is 1200. The summed E-state index contributed by atoms with van der Waals surface area (Å²) < 4.78 is 2.01. The number of para-hydroxylation sites is 1. The molecule has 0 radical (unpaired) electrons. The number of piperidine rings is 1. The average Bonchev–Trinajstić information content (AvgIpc) is 3.32. The van der Waals surface area contributed by atoms with E-state index >= 15 is 0 Å². The number of phenolic OH excluding ortho intramolecular Hbond substituents is 1. The van der Waals surface area contributed by atoms with Gasteiger partial charge in [-0.05, 0) is 75.7 Å². The van der Waals surface area contributed by atoms with Crippen molar-refractivity contribution in [1.29, 1.82) is 0 Å². The molecule has 9 nitrogen and oxygen atoms in total.